The molecule has 0 aromatic carbocycles. The minimum absolute atomic E-state index is 0.0378. The van der Waals surface area contributed by atoms with Crippen molar-refractivity contribution in [2.45, 2.75) is 19.0 Å². The van der Waals surface area contributed by atoms with E-state index in [4.69, 9.17) is 5.73 Å². The van der Waals surface area contributed by atoms with Gasteiger partial charge in [0.2, 0.25) is 0 Å². The van der Waals surface area contributed by atoms with Crippen LogP contribution in [0.2, 0.25) is 0 Å². The van der Waals surface area contributed by atoms with E-state index in [0.29, 0.717) is 18.7 Å². The van der Waals surface area contributed by atoms with Gasteiger partial charge < -0.3 is 10.6 Å². The summed E-state index contributed by atoms with van der Waals surface area (Å²) in [4.78, 5) is 17.7. The number of amides is 1. The Hall–Kier alpha value is -1.47. The van der Waals surface area contributed by atoms with Crippen molar-refractivity contribution in [3.05, 3.63) is 29.6 Å². The fraction of sp³-hybridized carbons (Fsp3) is 0.500. The van der Waals surface area contributed by atoms with Crippen molar-refractivity contribution < 1.29 is 13.2 Å². The van der Waals surface area contributed by atoms with Gasteiger partial charge in [0, 0.05) is 25.8 Å². The lowest BCUT2D eigenvalue weighted by atomic mass is 10.2. The molecular weight excluding hydrogens is 266 g/mol. The topological polar surface area (TPSA) is 93.4 Å². The van der Waals surface area contributed by atoms with E-state index in [9.17, 15) is 13.2 Å². The zero-order chi connectivity index (χ0) is 14.0. The fourth-order valence-electron chi connectivity index (χ4n) is 2.10. The summed E-state index contributed by atoms with van der Waals surface area (Å²) in [6, 6.07) is 3.11. The maximum absolute atomic E-state index is 12.2. The lowest BCUT2D eigenvalue weighted by Crippen LogP contribution is -2.38. The summed E-state index contributed by atoms with van der Waals surface area (Å²) in [6.07, 6.45) is 2.05. The minimum atomic E-state index is -3.00. The molecule has 2 rings (SSSR count). The summed E-state index contributed by atoms with van der Waals surface area (Å²) in [5.41, 5.74) is 6.62. The number of pyridine rings is 1. The number of aromatic nitrogens is 1. The monoisotopic (exact) mass is 283 g/mol. The van der Waals surface area contributed by atoms with Gasteiger partial charge in [0.25, 0.3) is 5.91 Å². The zero-order valence-electron chi connectivity index (χ0n) is 10.7. The van der Waals surface area contributed by atoms with Gasteiger partial charge in [-0.25, -0.2) is 8.42 Å². The first-order valence-corrected chi connectivity index (χ1v) is 7.87. The normalized spacial score (nSPS) is 21.3. The maximum Gasteiger partial charge on any atom is 0.272 e. The number of hydrogen-bond acceptors (Lipinski definition) is 5. The van der Waals surface area contributed by atoms with Crippen LogP contribution in [0.3, 0.4) is 0 Å². The summed E-state index contributed by atoms with van der Waals surface area (Å²) in [7, 11) is -1.38. The van der Waals surface area contributed by atoms with Crippen LogP contribution in [0.25, 0.3) is 0 Å². The number of nitrogens with zero attached hydrogens (tertiary/aromatic N) is 2. The van der Waals surface area contributed by atoms with Gasteiger partial charge in [0.15, 0.2) is 9.84 Å². The first-order valence-electron chi connectivity index (χ1n) is 6.05. The highest BCUT2D eigenvalue weighted by Gasteiger charge is 2.33. The van der Waals surface area contributed by atoms with Crippen LogP contribution >= 0.6 is 0 Å². The van der Waals surface area contributed by atoms with Gasteiger partial charge in [0.1, 0.15) is 5.69 Å². The number of hydrogen-bond donors (Lipinski definition) is 1. The molecule has 1 aliphatic rings. The second-order valence-electron chi connectivity index (χ2n) is 4.73. The van der Waals surface area contributed by atoms with E-state index in [1.54, 1.807) is 25.4 Å². The molecule has 1 aromatic heterocycles. The molecule has 6 nitrogen and oxygen atoms in total. The van der Waals surface area contributed by atoms with E-state index in [1.165, 1.54) is 4.90 Å². The van der Waals surface area contributed by atoms with Crippen LogP contribution in [0.4, 0.5) is 0 Å². The van der Waals surface area contributed by atoms with Gasteiger partial charge in [-0.05, 0) is 18.1 Å². The smallest absolute Gasteiger partial charge is 0.272 e. The molecule has 1 atom stereocenters. The van der Waals surface area contributed by atoms with Crippen molar-refractivity contribution >= 4 is 15.7 Å². The van der Waals surface area contributed by atoms with Crippen molar-refractivity contribution in [2.24, 2.45) is 5.73 Å². The van der Waals surface area contributed by atoms with Crippen LogP contribution in [0.15, 0.2) is 18.3 Å². The van der Waals surface area contributed by atoms with E-state index >= 15 is 0 Å². The summed E-state index contributed by atoms with van der Waals surface area (Å²) in [5, 5.41) is 0. The molecule has 2 N–H and O–H groups in total. The molecule has 104 valence electrons. The molecule has 0 saturated carbocycles. The van der Waals surface area contributed by atoms with Gasteiger partial charge in [-0.1, -0.05) is 6.07 Å². The van der Waals surface area contributed by atoms with Gasteiger partial charge in [-0.3, -0.25) is 9.78 Å². The number of sulfone groups is 1. The second kappa shape index (κ2) is 5.26. The number of carbonyl (C=O) groups excluding carboxylic acids is 1. The Morgan fingerprint density at radius 1 is 1.53 bits per heavy atom. The van der Waals surface area contributed by atoms with Crippen LogP contribution in [0.1, 0.15) is 22.5 Å². The lowest BCUT2D eigenvalue weighted by Gasteiger charge is -2.22. The predicted molar refractivity (Wildman–Crippen MR) is 71.3 cm³/mol. The lowest BCUT2D eigenvalue weighted by molar-refractivity contribution is 0.0742. The SMILES string of the molecule is CN(C(=O)c1ccc(CN)cn1)C1CCS(=O)(=O)C1. The molecule has 0 spiro atoms. The van der Waals surface area contributed by atoms with Crippen LogP contribution in [-0.4, -0.2) is 48.8 Å². The predicted octanol–water partition coefficient (Wildman–Crippen LogP) is -0.201. The third kappa shape index (κ3) is 3.10. The maximum atomic E-state index is 12.2. The molecule has 1 aliphatic heterocycles. The number of carbonyl (C=O) groups is 1. The van der Waals surface area contributed by atoms with Crippen LogP contribution < -0.4 is 5.73 Å². The standard InChI is InChI=1S/C12H17N3O3S/c1-15(10-4-5-19(17,18)8-10)12(16)11-3-2-9(6-13)7-14-11/h2-3,7,10H,4-6,8,13H2,1H3. The quantitative estimate of drug-likeness (QED) is 0.829. The third-order valence-corrected chi connectivity index (χ3v) is 5.11. The average molecular weight is 283 g/mol. The van der Waals surface area contributed by atoms with Crippen LogP contribution in [-0.2, 0) is 16.4 Å². The summed E-state index contributed by atoms with van der Waals surface area (Å²) in [5.74, 6) is -0.0732. The molecule has 1 amide bonds. The number of nitrogens with two attached hydrogens (primary N) is 1. The van der Waals surface area contributed by atoms with Gasteiger partial charge in [-0.2, -0.15) is 0 Å². The van der Waals surface area contributed by atoms with Crippen molar-refractivity contribution in [3.63, 3.8) is 0 Å². The Bertz CT molecular complexity index is 568. The van der Waals surface area contributed by atoms with E-state index < -0.39 is 9.84 Å². The molecule has 7 heteroatoms. The van der Waals surface area contributed by atoms with Gasteiger partial charge in [-0.15, -0.1) is 0 Å². The molecule has 2 heterocycles. The first-order chi connectivity index (χ1) is 8.93. The minimum Gasteiger partial charge on any atom is -0.336 e. The average Bonchev–Trinajstić information content (AvgIpc) is 2.77. The molecule has 1 aromatic rings. The summed E-state index contributed by atoms with van der Waals surface area (Å²) < 4.78 is 22.8. The highest BCUT2D eigenvalue weighted by atomic mass is 32.2. The van der Waals surface area contributed by atoms with Crippen molar-refractivity contribution in [1.82, 2.24) is 9.88 Å². The number of rotatable bonds is 3. The van der Waals surface area contributed by atoms with Crippen molar-refractivity contribution in [2.75, 3.05) is 18.6 Å². The Morgan fingerprint density at radius 3 is 2.74 bits per heavy atom. The molecular formula is C12H17N3O3S. The molecule has 1 saturated heterocycles. The van der Waals surface area contributed by atoms with E-state index in [1.807, 2.05) is 0 Å². The first kappa shape index (κ1) is 14.0. The van der Waals surface area contributed by atoms with E-state index in [2.05, 4.69) is 4.98 Å². The highest BCUT2D eigenvalue weighted by molar-refractivity contribution is 7.91. The van der Waals surface area contributed by atoms with Gasteiger partial charge in [0.05, 0.1) is 11.5 Å². The fourth-order valence-corrected chi connectivity index (χ4v) is 3.87. The molecule has 0 radical (unpaired) electrons. The Kier molecular flexibility index (Phi) is 3.86. The summed E-state index contributed by atoms with van der Waals surface area (Å²) >= 11 is 0. The highest BCUT2D eigenvalue weighted by Crippen LogP contribution is 2.18. The van der Waals surface area contributed by atoms with Crippen LogP contribution in [0.5, 0.6) is 0 Å². The van der Waals surface area contributed by atoms with E-state index in [0.717, 1.165) is 5.56 Å². The zero-order valence-corrected chi connectivity index (χ0v) is 11.6. The molecule has 1 unspecified atom stereocenters. The van der Waals surface area contributed by atoms with Crippen molar-refractivity contribution in [3.8, 4) is 0 Å². The Balaban J connectivity index is 2.10. The van der Waals surface area contributed by atoms with E-state index in [-0.39, 0.29) is 23.5 Å². The Labute approximate surface area is 112 Å². The van der Waals surface area contributed by atoms with Gasteiger partial charge >= 0.3 is 0 Å². The third-order valence-electron chi connectivity index (χ3n) is 3.36. The Morgan fingerprint density at radius 2 is 2.26 bits per heavy atom. The second-order valence-corrected chi connectivity index (χ2v) is 6.96. The molecule has 0 bridgehead atoms. The van der Waals surface area contributed by atoms with Crippen LogP contribution in [0, 0.1) is 0 Å². The molecule has 1 fully saturated rings. The van der Waals surface area contributed by atoms with Crippen molar-refractivity contribution in [1.29, 1.82) is 0 Å². The summed E-state index contributed by atoms with van der Waals surface area (Å²) in [6.45, 7) is 0.373. The largest absolute Gasteiger partial charge is 0.336 e. The molecule has 19 heavy (non-hydrogen) atoms. The molecule has 0 aliphatic carbocycles.